The van der Waals surface area contributed by atoms with Crippen LogP contribution in [0.15, 0.2) is 18.2 Å². The summed E-state index contributed by atoms with van der Waals surface area (Å²) >= 11 is 0. The van der Waals surface area contributed by atoms with Crippen LogP contribution < -0.4 is 10.5 Å². The molecule has 0 aromatic heterocycles. The van der Waals surface area contributed by atoms with E-state index >= 15 is 0 Å². The van der Waals surface area contributed by atoms with Gasteiger partial charge in [0.05, 0.1) is 18.4 Å². The molecule has 0 heterocycles. The Hall–Kier alpha value is -1.71. The van der Waals surface area contributed by atoms with Crippen molar-refractivity contribution < 1.29 is 14.3 Å². The van der Waals surface area contributed by atoms with Crippen LogP contribution in [-0.2, 0) is 4.74 Å². The van der Waals surface area contributed by atoms with Crippen LogP contribution in [0.25, 0.3) is 0 Å². The third kappa shape index (κ3) is 3.40. The van der Waals surface area contributed by atoms with E-state index in [1.165, 1.54) is 7.11 Å². The van der Waals surface area contributed by atoms with Crippen molar-refractivity contribution in [2.24, 2.45) is 5.92 Å². The highest BCUT2D eigenvalue weighted by Crippen LogP contribution is 2.27. The second-order valence-electron chi connectivity index (χ2n) is 5.24. The van der Waals surface area contributed by atoms with E-state index in [9.17, 15) is 4.79 Å². The molecule has 0 aliphatic heterocycles. The van der Waals surface area contributed by atoms with Gasteiger partial charge in [-0.05, 0) is 49.8 Å². The molecule has 0 atom stereocenters. The SMILES string of the molecule is COc1cc(C(=O)OC2CCC(C)CC2)ccc1N. The first-order valence-electron chi connectivity index (χ1n) is 6.74. The number of benzene rings is 1. The first-order chi connectivity index (χ1) is 9.10. The van der Waals surface area contributed by atoms with Gasteiger partial charge in [0.2, 0.25) is 0 Å². The highest BCUT2D eigenvalue weighted by atomic mass is 16.5. The highest BCUT2D eigenvalue weighted by Gasteiger charge is 2.22. The minimum absolute atomic E-state index is 0.0484. The minimum Gasteiger partial charge on any atom is -0.495 e. The van der Waals surface area contributed by atoms with Crippen molar-refractivity contribution in [1.29, 1.82) is 0 Å². The number of anilines is 1. The quantitative estimate of drug-likeness (QED) is 0.672. The number of esters is 1. The molecule has 1 aromatic carbocycles. The first-order valence-corrected chi connectivity index (χ1v) is 6.74. The molecule has 1 aliphatic carbocycles. The summed E-state index contributed by atoms with van der Waals surface area (Å²) in [6, 6.07) is 4.97. The van der Waals surface area contributed by atoms with Crippen molar-refractivity contribution in [2.45, 2.75) is 38.7 Å². The minimum atomic E-state index is -0.294. The van der Waals surface area contributed by atoms with E-state index in [0.29, 0.717) is 17.0 Å². The summed E-state index contributed by atoms with van der Waals surface area (Å²) in [5, 5.41) is 0. The van der Waals surface area contributed by atoms with Gasteiger partial charge in [-0.2, -0.15) is 0 Å². The van der Waals surface area contributed by atoms with Crippen LogP contribution in [0, 0.1) is 5.92 Å². The molecule has 2 rings (SSSR count). The fourth-order valence-corrected chi connectivity index (χ4v) is 2.40. The van der Waals surface area contributed by atoms with E-state index in [0.717, 1.165) is 31.6 Å². The molecule has 1 aliphatic rings. The standard InChI is InChI=1S/C15H21NO3/c1-10-3-6-12(7-4-10)19-15(17)11-5-8-13(16)14(9-11)18-2/h5,8-10,12H,3-4,6-7,16H2,1-2H3. The Labute approximate surface area is 113 Å². The van der Waals surface area contributed by atoms with Crippen molar-refractivity contribution in [3.63, 3.8) is 0 Å². The Kier molecular flexibility index (Phi) is 4.30. The smallest absolute Gasteiger partial charge is 0.338 e. The fourth-order valence-electron chi connectivity index (χ4n) is 2.40. The maximum atomic E-state index is 12.1. The molecule has 0 spiro atoms. The van der Waals surface area contributed by atoms with Crippen molar-refractivity contribution in [3.8, 4) is 5.75 Å². The average Bonchev–Trinajstić information content (AvgIpc) is 2.42. The molecule has 4 nitrogen and oxygen atoms in total. The number of methoxy groups -OCH3 is 1. The average molecular weight is 263 g/mol. The molecule has 2 N–H and O–H groups in total. The topological polar surface area (TPSA) is 61.5 Å². The van der Waals surface area contributed by atoms with Crippen molar-refractivity contribution in [1.82, 2.24) is 0 Å². The van der Waals surface area contributed by atoms with Gasteiger partial charge in [-0.3, -0.25) is 0 Å². The number of nitrogens with two attached hydrogens (primary N) is 1. The fraction of sp³-hybridized carbons (Fsp3) is 0.533. The Bertz CT molecular complexity index is 451. The molecule has 19 heavy (non-hydrogen) atoms. The van der Waals surface area contributed by atoms with Crippen LogP contribution in [0.5, 0.6) is 5.75 Å². The molecule has 4 heteroatoms. The summed E-state index contributed by atoms with van der Waals surface area (Å²) in [4.78, 5) is 12.1. The monoisotopic (exact) mass is 263 g/mol. The summed E-state index contributed by atoms with van der Waals surface area (Å²) in [7, 11) is 1.53. The molecular formula is C15H21NO3. The van der Waals surface area contributed by atoms with Crippen LogP contribution in [0.1, 0.15) is 43.0 Å². The van der Waals surface area contributed by atoms with E-state index < -0.39 is 0 Å². The normalized spacial score (nSPS) is 22.8. The first kappa shape index (κ1) is 13.7. The maximum Gasteiger partial charge on any atom is 0.338 e. The lowest BCUT2D eigenvalue weighted by atomic mass is 9.89. The van der Waals surface area contributed by atoms with Crippen LogP contribution in [0.4, 0.5) is 5.69 Å². The lowest BCUT2D eigenvalue weighted by Crippen LogP contribution is -2.23. The van der Waals surface area contributed by atoms with E-state index in [1.807, 2.05) is 0 Å². The Morgan fingerprint density at radius 1 is 1.26 bits per heavy atom. The van der Waals surface area contributed by atoms with Gasteiger partial charge in [0.1, 0.15) is 11.9 Å². The zero-order valence-corrected chi connectivity index (χ0v) is 11.5. The summed E-state index contributed by atoms with van der Waals surface area (Å²) in [6.07, 6.45) is 4.22. The van der Waals surface area contributed by atoms with Crippen LogP contribution in [0.3, 0.4) is 0 Å². The second-order valence-corrected chi connectivity index (χ2v) is 5.24. The lowest BCUT2D eigenvalue weighted by molar-refractivity contribution is 0.0173. The van der Waals surface area contributed by atoms with Crippen molar-refractivity contribution in [2.75, 3.05) is 12.8 Å². The molecule has 0 unspecified atom stereocenters. The number of carbonyl (C=O) groups excluding carboxylic acids is 1. The van der Waals surface area contributed by atoms with Gasteiger partial charge in [0.25, 0.3) is 0 Å². The molecular weight excluding hydrogens is 242 g/mol. The van der Waals surface area contributed by atoms with Crippen LogP contribution >= 0.6 is 0 Å². The van der Waals surface area contributed by atoms with E-state index in [4.69, 9.17) is 15.2 Å². The molecule has 0 radical (unpaired) electrons. The van der Waals surface area contributed by atoms with Gasteiger partial charge in [0, 0.05) is 0 Å². The third-order valence-electron chi connectivity index (χ3n) is 3.71. The Balaban J connectivity index is 2.00. The number of carbonyl (C=O) groups is 1. The Morgan fingerprint density at radius 3 is 2.58 bits per heavy atom. The number of hydrogen-bond donors (Lipinski definition) is 1. The van der Waals surface area contributed by atoms with Gasteiger partial charge in [-0.15, -0.1) is 0 Å². The maximum absolute atomic E-state index is 12.1. The van der Waals surface area contributed by atoms with Gasteiger partial charge >= 0.3 is 5.97 Å². The van der Waals surface area contributed by atoms with Gasteiger partial charge < -0.3 is 15.2 Å². The molecule has 104 valence electrons. The summed E-state index contributed by atoms with van der Waals surface area (Å²) in [6.45, 7) is 2.24. The largest absolute Gasteiger partial charge is 0.495 e. The number of ether oxygens (including phenoxy) is 2. The predicted molar refractivity (Wildman–Crippen MR) is 74.2 cm³/mol. The van der Waals surface area contributed by atoms with Crippen molar-refractivity contribution in [3.05, 3.63) is 23.8 Å². The molecule has 1 aromatic rings. The molecule has 0 saturated heterocycles. The van der Waals surface area contributed by atoms with Crippen LogP contribution in [0.2, 0.25) is 0 Å². The van der Waals surface area contributed by atoms with Gasteiger partial charge in [0.15, 0.2) is 0 Å². The molecule has 0 amide bonds. The summed E-state index contributed by atoms with van der Waals surface area (Å²) < 4.78 is 10.6. The summed E-state index contributed by atoms with van der Waals surface area (Å²) in [5.41, 5.74) is 6.73. The van der Waals surface area contributed by atoms with Crippen LogP contribution in [-0.4, -0.2) is 19.2 Å². The van der Waals surface area contributed by atoms with Crippen molar-refractivity contribution >= 4 is 11.7 Å². The second kappa shape index (κ2) is 5.95. The summed E-state index contributed by atoms with van der Waals surface area (Å²) in [5.74, 6) is 0.955. The third-order valence-corrected chi connectivity index (χ3v) is 3.71. The zero-order chi connectivity index (χ0) is 13.8. The highest BCUT2D eigenvalue weighted by molar-refractivity contribution is 5.90. The van der Waals surface area contributed by atoms with Gasteiger partial charge in [-0.25, -0.2) is 4.79 Å². The number of nitrogen functional groups attached to an aromatic ring is 1. The van der Waals surface area contributed by atoms with E-state index in [2.05, 4.69) is 6.92 Å². The molecule has 1 fully saturated rings. The predicted octanol–water partition coefficient (Wildman–Crippen LogP) is 3.01. The van der Waals surface area contributed by atoms with Gasteiger partial charge in [-0.1, -0.05) is 6.92 Å². The number of rotatable bonds is 3. The van der Waals surface area contributed by atoms with E-state index in [1.54, 1.807) is 18.2 Å². The molecule has 1 saturated carbocycles. The number of hydrogen-bond acceptors (Lipinski definition) is 4. The Morgan fingerprint density at radius 2 is 1.95 bits per heavy atom. The zero-order valence-electron chi connectivity index (χ0n) is 11.5. The van der Waals surface area contributed by atoms with E-state index in [-0.39, 0.29) is 12.1 Å². The lowest BCUT2D eigenvalue weighted by Gasteiger charge is -2.26. The molecule has 0 bridgehead atoms.